The van der Waals surface area contributed by atoms with E-state index in [9.17, 15) is 9.59 Å². The van der Waals surface area contributed by atoms with E-state index in [0.717, 1.165) is 49.6 Å². The van der Waals surface area contributed by atoms with Crippen molar-refractivity contribution in [2.45, 2.75) is 58.0 Å². The predicted molar refractivity (Wildman–Crippen MR) is 104 cm³/mol. The summed E-state index contributed by atoms with van der Waals surface area (Å²) >= 11 is 1.70. The van der Waals surface area contributed by atoms with Gasteiger partial charge in [-0.3, -0.25) is 14.5 Å². The van der Waals surface area contributed by atoms with E-state index in [1.807, 2.05) is 11.8 Å². The van der Waals surface area contributed by atoms with E-state index in [-0.39, 0.29) is 17.9 Å². The minimum atomic E-state index is -0.108. The van der Waals surface area contributed by atoms with Crippen LogP contribution in [0.5, 0.6) is 0 Å². The number of carbonyl (C=O) groups is 2. The topological polar surface area (TPSA) is 52.7 Å². The number of amides is 2. The second-order valence-electron chi connectivity index (χ2n) is 8.19. The standard InChI is InChI=1S/C20H29N3O2S/c1-13-3-6-17-15(11-13)12-18(26-17)20(25)23-9-7-22(8-10-23)14(2)19(24)21-16-4-5-16/h12-14,16H,3-11H2,1-2H3,(H,21,24). The number of piperazine rings is 1. The monoisotopic (exact) mass is 375 g/mol. The molecule has 2 heterocycles. The molecule has 1 saturated heterocycles. The van der Waals surface area contributed by atoms with Gasteiger partial charge in [-0.25, -0.2) is 0 Å². The number of aryl methyl sites for hydroxylation is 1. The fourth-order valence-corrected chi connectivity index (χ4v) is 5.17. The van der Waals surface area contributed by atoms with E-state index in [4.69, 9.17) is 0 Å². The summed E-state index contributed by atoms with van der Waals surface area (Å²) in [5.41, 5.74) is 1.39. The number of hydrogen-bond donors (Lipinski definition) is 1. The third-order valence-corrected chi connectivity index (χ3v) is 7.22. The number of carbonyl (C=O) groups excluding carboxylic acids is 2. The lowest BCUT2D eigenvalue weighted by Gasteiger charge is -2.37. The Bertz CT molecular complexity index is 689. The molecule has 0 bridgehead atoms. The van der Waals surface area contributed by atoms with Crippen LogP contribution in [0.25, 0.3) is 0 Å². The van der Waals surface area contributed by atoms with Crippen molar-refractivity contribution in [2.75, 3.05) is 26.2 Å². The molecule has 5 nitrogen and oxygen atoms in total. The van der Waals surface area contributed by atoms with Crippen LogP contribution in [0.3, 0.4) is 0 Å². The number of fused-ring (bicyclic) bond motifs is 1. The molecular formula is C20H29N3O2S. The quantitative estimate of drug-likeness (QED) is 0.879. The molecule has 3 aliphatic rings. The average molecular weight is 376 g/mol. The minimum Gasteiger partial charge on any atom is -0.352 e. The third kappa shape index (κ3) is 3.81. The molecule has 2 unspecified atom stereocenters. The summed E-state index contributed by atoms with van der Waals surface area (Å²) in [6.07, 6.45) is 5.70. The smallest absolute Gasteiger partial charge is 0.264 e. The molecule has 2 aliphatic carbocycles. The fraction of sp³-hybridized carbons (Fsp3) is 0.700. The highest BCUT2D eigenvalue weighted by molar-refractivity contribution is 7.14. The highest BCUT2D eigenvalue weighted by Gasteiger charge is 2.31. The summed E-state index contributed by atoms with van der Waals surface area (Å²) in [6.45, 7) is 7.23. The van der Waals surface area contributed by atoms with Gasteiger partial charge in [-0.15, -0.1) is 11.3 Å². The molecular weight excluding hydrogens is 346 g/mol. The molecule has 2 amide bonds. The van der Waals surface area contributed by atoms with Gasteiger partial charge in [-0.05, 0) is 56.6 Å². The lowest BCUT2D eigenvalue weighted by molar-refractivity contribution is -0.126. The Morgan fingerprint density at radius 1 is 1.19 bits per heavy atom. The Hall–Kier alpha value is -1.40. The van der Waals surface area contributed by atoms with Gasteiger partial charge in [0.05, 0.1) is 10.9 Å². The predicted octanol–water partition coefficient (Wildman–Crippen LogP) is 2.30. The van der Waals surface area contributed by atoms with Crippen LogP contribution in [0.1, 0.15) is 53.2 Å². The van der Waals surface area contributed by atoms with Crippen molar-refractivity contribution in [1.29, 1.82) is 0 Å². The molecule has 2 atom stereocenters. The molecule has 26 heavy (non-hydrogen) atoms. The Labute approximate surface area is 159 Å². The summed E-state index contributed by atoms with van der Waals surface area (Å²) in [6, 6.07) is 2.43. The van der Waals surface area contributed by atoms with Gasteiger partial charge in [-0.2, -0.15) is 0 Å². The number of hydrogen-bond acceptors (Lipinski definition) is 4. The highest BCUT2D eigenvalue weighted by Crippen LogP contribution is 2.33. The Morgan fingerprint density at radius 3 is 2.62 bits per heavy atom. The number of nitrogens with zero attached hydrogens (tertiary/aromatic N) is 2. The zero-order valence-electron chi connectivity index (χ0n) is 15.8. The molecule has 6 heteroatoms. The summed E-state index contributed by atoms with van der Waals surface area (Å²) in [4.78, 5) is 31.6. The molecule has 1 saturated carbocycles. The van der Waals surface area contributed by atoms with Crippen LogP contribution < -0.4 is 5.32 Å². The van der Waals surface area contributed by atoms with E-state index < -0.39 is 0 Å². The van der Waals surface area contributed by atoms with Crippen molar-refractivity contribution in [3.63, 3.8) is 0 Å². The van der Waals surface area contributed by atoms with Gasteiger partial charge in [0, 0.05) is 37.1 Å². The summed E-state index contributed by atoms with van der Waals surface area (Å²) in [7, 11) is 0. The SMILES string of the molecule is CC1CCc2sc(C(=O)N3CCN(C(C)C(=O)NC4CC4)CC3)cc2C1. The second kappa shape index (κ2) is 7.31. The lowest BCUT2D eigenvalue weighted by Crippen LogP contribution is -2.55. The first-order chi connectivity index (χ1) is 12.5. The molecule has 1 aromatic rings. The fourth-order valence-electron chi connectivity index (χ4n) is 3.99. The van der Waals surface area contributed by atoms with E-state index >= 15 is 0 Å². The van der Waals surface area contributed by atoms with Crippen LogP contribution >= 0.6 is 11.3 Å². The first kappa shape index (κ1) is 18.0. The maximum Gasteiger partial charge on any atom is 0.264 e. The largest absolute Gasteiger partial charge is 0.352 e. The second-order valence-corrected chi connectivity index (χ2v) is 9.33. The van der Waals surface area contributed by atoms with Gasteiger partial charge in [0.2, 0.25) is 5.91 Å². The van der Waals surface area contributed by atoms with Crippen molar-refractivity contribution in [2.24, 2.45) is 5.92 Å². The van der Waals surface area contributed by atoms with E-state index in [1.54, 1.807) is 11.3 Å². The minimum absolute atomic E-state index is 0.108. The molecule has 142 valence electrons. The molecule has 2 fully saturated rings. The van der Waals surface area contributed by atoms with E-state index in [0.29, 0.717) is 19.1 Å². The number of rotatable bonds is 4. The average Bonchev–Trinajstić information content (AvgIpc) is 3.36. The third-order valence-electron chi connectivity index (χ3n) is 5.99. The number of thiophene rings is 1. The maximum absolute atomic E-state index is 12.9. The van der Waals surface area contributed by atoms with Gasteiger partial charge < -0.3 is 10.2 Å². The van der Waals surface area contributed by atoms with Crippen LogP contribution in [0, 0.1) is 5.92 Å². The van der Waals surface area contributed by atoms with Crippen molar-refractivity contribution < 1.29 is 9.59 Å². The van der Waals surface area contributed by atoms with Gasteiger partial charge in [0.1, 0.15) is 0 Å². The normalized spacial score (nSPS) is 24.8. The zero-order valence-corrected chi connectivity index (χ0v) is 16.6. The molecule has 1 aliphatic heterocycles. The van der Waals surface area contributed by atoms with Crippen LogP contribution in [-0.4, -0.2) is 59.9 Å². The van der Waals surface area contributed by atoms with Crippen LogP contribution in [0.15, 0.2) is 6.07 Å². The first-order valence-corrected chi connectivity index (χ1v) is 10.8. The summed E-state index contributed by atoms with van der Waals surface area (Å²) in [5.74, 6) is 1.03. The summed E-state index contributed by atoms with van der Waals surface area (Å²) < 4.78 is 0. The molecule has 0 spiro atoms. The van der Waals surface area contributed by atoms with Crippen LogP contribution in [0.4, 0.5) is 0 Å². The van der Waals surface area contributed by atoms with Crippen molar-refractivity contribution in [3.8, 4) is 0 Å². The van der Waals surface area contributed by atoms with Crippen molar-refractivity contribution in [1.82, 2.24) is 15.1 Å². The maximum atomic E-state index is 12.9. The molecule has 4 rings (SSSR count). The highest BCUT2D eigenvalue weighted by atomic mass is 32.1. The molecule has 1 N–H and O–H groups in total. The first-order valence-electron chi connectivity index (χ1n) is 9.96. The molecule has 0 aromatic carbocycles. The van der Waals surface area contributed by atoms with E-state index in [1.165, 1.54) is 16.9 Å². The Kier molecular flexibility index (Phi) is 5.06. The van der Waals surface area contributed by atoms with Crippen molar-refractivity contribution in [3.05, 3.63) is 21.4 Å². The molecule has 1 aromatic heterocycles. The zero-order chi connectivity index (χ0) is 18.3. The van der Waals surface area contributed by atoms with Gasteiger partial charge >= 0.3 is 0 Å². The van der Waals surface area contributed by atoms with E-state index in [2.05, 4.69) is 23.2 Å². The molecule has 0 radical (unpaired) electrons. The summed E-state index contributed by atoms with van der Waals surface area (Å²) in [5, 5.41) is 3.08. The van der Waals surface area contributed by atoms with Crippen LogP contribution in [-0.2, 0) is 17.6 Å². The van der Waals surface area contributed by atoms with Crippen molar-refractivity contribution >= 4 is 23.2 Å². The van der Waals surface area contributed by atoms with Gasteiger partial charge in [-0.1, -0.05) is 6.92 Å². The van der Waals surface area contributed by atoms with Gasteiger partial charge in [0.15, 0.2) is 0 Å². The Balaban J connectivity index is 1.32. The van der Waals surface area contributed by atoms with Crippen LogP contribution in [0.2, 0.25) is 0 Å². The number of nitrogens with one attached hydrogen (secondary N) is 1. The van der Waals surface area contributed by atoms with Gasteiger partial charge in [0.25, 0.3) is 5.91 Å². The lowest BCUT2D eigenvalue weighted by atomic mass is 9.90. The Morgan fingerprint density at radius 2 is 1.92 bits per heavy atom.